The van der Waals surface area contributed by atoms with Gasteiger partial charge in [0.1, 0.15) is 5.60 Å². The fourth-order valence-electron chi connectivity index (χ4n) is 3.09. The number of nitrogens with zero attached hydrogens (tertiary/aromatic N) is 1. The molecule has 17 heavy (non-hydrogen) atoms. The second-order valence-corrected chi connectivity index (χ2v) is 6.17. The summed E-state index contributed by atoms with van der Waals surface area (Å²) in [7, 11) is 0. The van der Waals surface area contributed by atoms with Crippen molar-refractivity contribution in [1.29, 1.82) is 0 Å². The van der Waals surface area contributed by atoms with Gasteiger partial charge in [-0.25, -0.2) is 4.79 Å². The maximum Gasteiger partial charge on any atom is 0.411 e. The Hall–Kier alpha value is -1.06. The zero-order valence-electron chi connectivity index (χ0n) is 11.0. The van der Waals surface area contributed by atoms with Crippen molar-refractivity contribution in [3.8, 4) is 0 Å². The molecule has 0 unspecified atom stereocenters. The van der Waals surface area contributed by atoms with Crippen LogP contribution in [0.4, 0.5) is 4.79 Å². The number of rotatable bonds is 1. The number of hydrogen-bond acceptors (Lipinski definition) is 3. The first kappa shape index (κ1) is 12.4. The standard InChI is InChI=1S/C13H21NO3/c1-8(15)11-9-5-6-10(7-9)14(11)12(16)17-13(2,3)4/h9-11H,5-7H2,1-4H3/t9-,10+,11+/m0/s1. The average Bonchev–Trinajstić information content (AvgIpc) is 2.72. The molecule has 1 saturated heterocycles. The molecule has 0 aromatic heterocycles. The largest absolute Gasteiger partial charge is 0.444 e. The third kappa shape index (κ3) is 2.31. The number of ketones is 1. The second kappa shape index (κ2) is 4.00. The summed E-state index contributed by atoms with van der Waals surface area (Å²) < 4.78 is 5.39. The fourth-order valence-corrected chi connectivity index (χ4v) is 3.09. The predicted molar refractivity (Wildman–Crippen MR) is 63.7 cm³/mol. The SMILES string of the molecule is CC(=O)[C@@H]1[C@H]2CC[C@H](C2)N1C(=O)OC(C)(C)C. The second-order valence-electron chi connectivity index (χ2n) is 6.17. The van der Waals surface area contributed by atoms with Crippen molar-refractivity contribution in [2.75, 3.05) is 0 Å². The number of carbonyl (C=O) groups is 2. The number of Topliss-reactive ketones (excluding diaryl/α,β-unsaturated/α-hetero) is 1. The molecule has 0 aromatic rings. The number of amides is 1. The molecule has 2 bridgehead atoms. The van der Waals surface area contributed by atoms with Gasteiger partial charge < -0.3 is 4.74 Å². The molecule has 2 rings (SSSR count). The Morgan fingerprint density at radius 3 is 2.41 bits per heavy atom. The van der Waals surface area contributed by atoms with Crippen LogP contribution in [-0.4, -0.2) is 34.5 Å². The molecule has 4 heteroatoms. The quantitative estimate of drug-likeness (QED) is 0.705. The number of fused-ring (bicyclic) bond motifs is 2. The van der Waals surface area contributed by atoms with Crippen LogP contribution < -0.4 is 0 Å². The minimum absolute atomic E-state index is 0.0862. The summed E-state index contributed by atoms with van der Waals surface area (Å²) in [4.78, 5) is 25.5. The third-order valence-corrected chi connectivity index (χ3v) is 3.61. The molecule has 0 radical (unpaired) electrons. The van der Waals surface area contributed by atoms with E-state index in [0.717, 1.165) is 19.3 Å². The summed E-state index contributed by atoms with van der Waals surface area (Å²) in [6, 6.07) is -0.0349. The van der Waals surface area contributed by atoms with Crippen molar-refractivity contribution in [1.82, 2.24) is 4.90 Å². The molecule has 4 nitrogen and oxygen atoms in total. The molecular weight excluding hydrogens is 218 g/mol. The highest BCUT2D eigenvalue weighted by molar-refractivity contribution is 5.87. The summed E-state index contributed by atoms with van der Waals surface area (Å²) in [6.45, 7) is 7.12. The van der Waals surface area contributed by atoms with E-state index in [0.29, 0.717) is 5.92 Å². The Bertz CT molecular complexity index is 345. The summed E-state index contributed by atoms with van der Waals surface area (Å²) in [6.07, 6.45) is 2.70. The molecule has 1 amide bonds. The van der Waals surface area contributed by atoms with Gasteiger partial charge in [0.25, 0.3) is 0 Å². The van der Waals surface area contributed by atoms with Crippen molar-refractivity contribution in [2.45, 2.75) is 64.6 Å². The molecule has 1 aliphatic carbocycles. The summed E-state index contributed by atoms with van der Waals surface area (Å²) in [5.41, 5.74) is -0.500. The smallest absolute Gasteiger partial charge is 0.411 e. The van der Waals surface area contributed by atoms with Crippen LogP contribution in [0, 0.1) is 5.92 Å². The maximum atomic E-state index is 12.1. The van der Waals surface area contributed by atoms with Gasteiger partial charge in [0.2, 0.25) is 0 Å². The molecule has 1 saturated carbocycles. The molecule has 2 aliphatic rings. The Balaban J connectivity index is 2.14. The molecule has 0 spiro atoms. The lowest BCUT2D eigenvalue weighted by atomic mass is 9.96. The van der Waals surface area contributed by atoms with E-state index >= 15 is 0 Å². The minimum Gasteiger partial charge on any atom is -0.444 e. The Kier molecular flexibility index (Phi) is 2.92. The molecule has 2 fully saturated rings. The predicted octanol–water partition coefficient (Wildman–Crippen LogP) is 2.36. The van der Waals surface area contributed by atoms with Gasteiger partial charge >= 0.3 is 6.09 Å². The monoisotopic (exact) mass is 239 g/mol. The van der Waals surface area contributed by atoms with Crippen molar-refractivity contribution >= 4 is 11.9 Å². The topological polar surface area (TPSA) is 46.6 Å². The molecule has 3 atom stereocenters. The van der Waals surface area contributed by atoms with Crippen LogP contribution in [0.25, 0.3) is 0 Å². The molecule has 0 N–H and O–H groups in total. The van der Waals surface area contributed by atoms with Gasteiger partial charge in [-0.1, -0.05) is 0 Å². The van der Waals surface area contributed by atoms with Gasteiger partial charge in [0.15, 0.2) is 5.78 Å². The summed E-state index contributed by atoms with van der Waals surface area (Å²) in [5.74, 6) is 0.438. The van der Waals surface area contributed by atoms with E-state index in [2.05, 4.69) is 0 Å². The third-order valence-electron chi connectivity index (χ3n) is 3.61. The van der Waals surface area contributed by atoms with Crippen molar-refractivity contribution in [3.05, 3.63) is 0 Å². The number of likely N-dealkylation sites (tertiary alicyclic amines) is 1. The van der Waals surface area contributed by atoms with Crippen molar-refractivity contribution in [3.63, 3.8) is 0 Å². The van der Waals surface area contributed by atoms with E-state index in [9.17, 15) is 9.59 Å². The van der Waals surface area contributed by atoms with E-state index in [4.69, 9.17) is 4.74 Å². The van der Waals surface area contributed by atoms with Gasteiger partial charge in [-0.2, -0.15) is 0 Å². The number of carbonyl (C=O) groups excluding carboxylic acids is 2. The van der Waals surface area contributed by atoms with Crippen LogP contribution in [0.3, 0.4) is 0 Å². The summed E-state index contributed by atoms with van der Waals surface area (Å²) >= 11 is 0. The highest BCUT2D eigenvalue weighted by atomic mass is 16.6. The Labute approximate surface area is 102 Å². The normalized spacial score (nSPS) is 31.8. The Morgan fingerprint density at radius 2 is 1.88 bits per heavy atom. The zero-order valence-corrected chi connectivity index (χ0v) is 11.0. The average molecular weight is 239 g/mol. The van der Waals surface area contributed by atoms with Crippen LogP contribution >= 0.6 is 0 Å². The van der Waals surface area contributed by atoms with Crippen LogP contribution in [0.2, 0.25) is 0 Å². The number of piperidine rings is 1. The fraction of sp³-hybridized carbons (Fsp3) is 0.846. The van der Waals surface area contributed by atoms with Crippen LogP contribution in [0.1, 0.15) is 47.0 Å². The lowest BCUT2D eigenvalue weighted by Crippen LogP contribution is -2.50. The first-order valence-corrected chi connectivity index (χ1v) is 6.31. The molecule has 1 aliphatic heterocycles. The maximum absolute atomic E-state index is 12.1. The molecule has 96 valence electrons. The lowest BCUT2D eigenvalue weighted by molar-refractivity contribution is -0.123. The molecule has 0 aromatic carbocycles. The van der Waals surface area contributed by atoms with Crippen LogP contribution in [0.5, 0.6) is 0 Å². The highest BCUT2D eigenvalue weighted by Crippen LogP contribution is 2.43. The highest BCUT2D eigenvalue weighted by Gasteiger charge is 2.51. The molecular formula is C13H21NO3. The molecule has 1 heterocycles. The van der Waals surface area contributed by atoms with Crippen molar-refractivity contribution in [2.24, 2.45) is 5.92 Å². The van der Waals surface area contributed by atoms with Gasteiger partial charge in [-0.15, -0.1) is 0 Å². The minimum atomic E-state index is -0.500. The first-order chi connectivity index (χ1) is 7.79. The van der Waals surface area contributed by atoms with Gasteiger partial charge in [-0.3, -0.25) is 9.69 Å². The lowest BCUT2D eigenvalue weighted by Gasteiger charge is -2.35. The van der Waals surface area contributed by atoms with E-state index < -0.39 is 5.60 Å². The number of ether oxygens (including phenoxy) is 1. The zero-order chi connectivity index (χ0) is 12.8. The Morgan fingerprint density at radius 1 is 1.24 bits per heavy atom. The van der Waals surface area contributed by atoms with Gasteiger partial charge in [0.05, 0.1) is 6.04 Å². The van der Waals surface area contributed by atoms with E-state index in [1.54, 1.807) is 11.8 Å². The number of hydrogen-bond donors (Lipinski definition) is 0. The van der Waals surface area contributed by atoms with E-state index in [1.807, 2.05) is 20.8 Å². The van der Waals surface area contributed by atoms with Gasteiger partial charge in [-0.05, 0) is 52.9 Å². The van der Waals surface area contributed by atoms with E-state index in [1.165, 1.54) is 0 Å². The van der Waals surface area contributed by atoms with Crippen LogP contribution in [0.15, 0.2) is 0 Å². The van der Waals surface area contributed by atoms with Crippen molar-refractivity contribution < 1.29 is 14.3 Å². The summed E-state index contributed by atoms with van der Waals surface area (Å²) in [5, 5.41) is 0. The van der Waals surface area contributed by atoms with Crippen LogP contribution in [-0.2, 0) is 9.53 Å². The first-order valence-electron chi connectivity index (χ1n) is 6.31. The van der Waals surface area contributed by atoms with E-state index in [-0.39, 0.29) is 24.0 Å². The van der Waals surface area contributed by atoms with Gasteiger partial charge in [0, 0.05) is 6.04 Å².